The first-order chi connectivity index (χ1) is 5.42. The first kappa shape index (κ1) is 6.43. The normalized spacial score (nSPS) is 10.6. The maximum atomic E-state index is 8.88. The maximum Gasteiger partial charge on any atom is 0.0702 e. The largest absolute Gasteiger partial charge is 0.392 e. The standard InChI is InChI=1S/C9H8NO/c11-6-7-5-10-9-4-2-1-3-8(7)9/h1-2,4-5,10-11H,6H2. The summed E-state index contributed by atoms with van der Waals surface area (Å²) in [6.07, 6.45) is 1.81. The Morgan fingerprint density at radius 3 is 3.27 bits per heavy atom. The molecule has 0 unspecified atom stereocenters. The fourth-order valence-electron chi connectivity index (χ4n) is 1.18. The van der Waals surface area contributed by atoms with E-state index in [1.54, 1.807) is 6.20 Å². The summed E-state index contributed by atoms with van der Waals surface area (Å²) in [7, 11) is 0. The Morgan fingerprint density at radius 2 is 2.45 bits per heavy atom. The van der Waals surface area contributed by atoms with E-state index in [4.69, 9.17) is 5.11 Å². The van der Waals surface area contributed by atoms with Crippen LogP contribution in [0.3, 0.4) is 0 Å². The lowest BCUT2D eigenvalue weighted by atomic mass is 10.2. The van der Waals surface area contributed by atoms with Gasteiger partial charge in [-0.15, -0.1) is 0 Å². The lowest BCUT2D eigenvalue weighted by Crippen LogP contribution is -1.77. The lowest BCUT2D eigenvalue weighted by Gasteiger charge is -1.89. The number of fused-ring (bicyclic) bond motifs is 1. The Morgan fingerprint density at radius 1 is 1.55 bits per heavy atom. The van der Waals surface area contributed by atoms with E-state index >= 15 is 0 Å². The summed E-state index contributed by atoms with van der Waals surface area (Å²) in [5.41, 5.74) is 1.93. The van der Waals surface area contributed by atoms with E-state index in [1.165, 1.54) is 0 Å². The average Bonchev–Trinajstić information content (AvgIpc) is 2.47. The highest BCUT2D eigenvalue weighted by atomic mass is 16.3. The van der Waals surface area contributed by atoms with Crippen LogP contribution in [0.2, 0.25) is 0 Å². The van der Waals surface area contributed by atoms with E-state index < -0.39 is 0 Å². The van der Waals surface area contributed by atoms with Crippen molar-refractivity contribution in [3.05, 3.63) is 36.0 Å². The Bertz CT molecular complexity index is 364. The van der Waals surface area contributed by atoms with Crippen molar-refractivity contribution >= 4 is 10.9 Å². The van der Waals surface area contributed by atoms with Crippen LogP contribution in [-0.4, -0.2) is 10.1 Å². The van der Waals surface area contributed by atoms with Crippen molar-refractivity contribution < 1.29 is 5.11 Å². The van der Waals surface area contributed by atoms with Crippen molar-refractivity contribution in [2.45, 2.75) is 6.61 Å². The van der Waals surface area contributed by atoms with Gasteiger partial charge in [-0.05, 0) is 12.1 Å². The Kier molecular flexibility index (Phi) is 1.40. The predicted molar refractivity (Wildman–Crippen MR) is 43.1 cm³/mol. The molecule has 0 aliphatic carbocycles. The topological polar surface area (TPSA) is 36.0 Å². The number of H-pyrrole nitrogens is 1. The summed E-state index contributed by atoms with van der Waals surface area (Å²) in [4.78, 5) is 3.05. The molecule has 1 aromatic heterocycles. The molecule has 2 rings (SSSR count). The van der Waals surface area contributed by atoms with Crippen LogP contribution >= 0.6 is 0 Å². The van der Waals surface area contributed by atoms with E-state index in [2.05, 4.69) is 11.1 Å². The van der Waals surface area contributed by atoms with Gasteiger partial charge in [-0.25, -0.2) is 0 Å². The molecule has 1 aromatic carbocycles. The molecular weight excluding hydrogens is 138 g/mol. The average molecular weight is 146 g/mol. The molecule has 0 amide bonds. The summed E-state index contributed by atoms with van der Waals surface area (Å²) in [6.45, 7) is 0.0700. The first-order valence-electron chi connectivity index (χ1n) is 3.49. The highest BCUT2D eigenvalue weighted by Gasteiger charge is 1.99. The Labute approximate surface area is 64.5 Å². The molecule has 55 valence electrons. The summed E-state index contributed by atoms with van der Waals surface area (Å²) >= 11 is 0. The minimum absolute atomic E-state index is 0.0700. The van der Waals surface area contributed by atoms with E-state index in [1.807, 2.05) is 18.2 Å². The molecule has 0 saturated heterocycles. The highest BCUT2D eigenvalue weighted by Crippen LogP contribution is 2.16. The molecule has 0 fully saturated rings. The van der Waals surface area contributed by atoms with Crippen molar-refractivity contribution in [1.82, 2.24) is 4.98 Å². The molecular formula is C9H8NO. The molecule has 2 nitrogen and oxygen atoms in total. The zero-order valence-corrected chi connectivity index (χ0v) is 5.96. The van der Waals surface area contributed by atoms with Gasteiger partial charge in [-0.2, -0.15) is 0 Å². The van der Waals surface area contributed by atoms with Crippen molar-refractivity contribution in [2.24, 2.45) is 0 Å². The SMILES string of the molecule is OCc1c[nH]c2ccc[c]c12. The summed E-state index contributed by atoms with van der Waals surface area (Å²) < 4.78 is 0. The quantitative estimate of drug-likeness (QED) is 0.627. The van der Waals surface area contributed by atoms with Crippen LogP contribution in [0.1, 0.15) is 5.56 Å². The van der Waals surface area contributed by atoms with Crippen LogP contribution < -0.4 is 0 Å². The van der Waals surface area contributed by atoms with Crippen LogP contribution in [0, 0.1) is 6.07 Å². The monoisotopic (exact) mass is 146 g/mol. The zero-order chi connectivity index (χ0) is 7.68. The number of aromatic amines is 1. The smallest absolute Gasteiger partial charge is 0.0702 e. The minimum atomic E-state index is 0.0700. The van der Waals surface area contributed by atoms with Gasteiger partial charge < -0.3 is 10.1 Å². The van der Waals surface area contributed by atoms with E-state index in [9.17, 15) is 0 Å². The highest BCUT2D eigenvalue weighted by molar-refractivity contribution is 5.82. The molecule has 2 heteroatoms. The van der Waals surface area contributed by atoms with E-state index in [-0.39, 0.29) is 6.61 Å². The number of nitrogens with one attached hydrogen (secondary N) is 1. The van der Waals surface area contributed by atoms with Crippen LogP contribution in [-0.2, 0) is 6.61 Å². The number of benzene rings is 1. The van der Waals surface area contributed by atoms with Crippen molar-refractivity contribution in [1.29, 1.82) is 0 Å². The van der Waals surface area contributed by atoms with Gasteiger partial charge in [0.05, 0.1) is 6.61 Å². The molecule has 11 heavy (non-hydrogen) atoms. The maximum absolute atomic E-state index is 8.88. The molecule has 0 bridgehead atoms. The van der Waals surface area contributed by atoms with Gasteiger partial charge in [0.1, 0.15) is 0 Å². The molecule has 1 radical (unpaired) electrons. The molecule has 0 spiro atoms. The second-order valence-corrected chi connectivity index (χ2v) is 2.43. The van der Waals surface area contributed by atoms with Gasteiger partial charge in [-0.3, -0.25) is 0 Å². The number of aliphatic hydroxyl groups is 1. The number of aliphatic hydroxyl groups excluding tert-OH is 1. The third-order valence-electron chi connectivity index (χ3n) is 1.75. The second-order valence-electron chi connectivity index (χ2n) is 2.43. The summed E-state index contributed by atoms with van der Waals surface area (Å²) in [5, 5.41) is 9.87. The molecule has 2 N–H and O–H groups in total. The van der Waals surface area contributed by atoms with Crippen molar-refractivity contribution in [3.8, 4) is 0 Å². The number of hydrogen-bond acceptors (Lipinski definition) is 1. The Hall–Kier alpha value is -1.28. The van der Waals surface area contributed by atoms with Gasteiger partial charge >= 0.3 is 0 Å². The number of aromatic nitrogens is 1. The minimum Gasteiger partial charge on any atom is -0.392 e. The fourth-order valence-corrected chi connectivity index (χ4v) is 1.18. The van der Waals surface area contributed by atoms with E-state index in [0.29, 0.717) is 0 Å². The molecule has 1 heterocycles. The second kappa shape index (κ2) is 2.40. The van der Waals surface area contributed by atoms with Crippen LogP contribution in [0.4, 0.5) is 0 Å². The van der Waals surface area contributed by atoms with Crippen LogP contribution in [0.5, 0.6) is 0 Å². The van der Waals surface area contributed by atoms with Crippen LogP contribution in [0.15, 0.2) is 24.4 Å². The van der Waals surface area contributed by atoms with Gasteiger partial charge in [0.15, 0.2) is 0 Å². The van der Waals surface area contributed by atoms with Gasteiger partial charge in [-0.1, -0.05) is 12.1 Å². The Balaban J connectivity index is 2.76. The van der Waals surface area contributed by atoms with Crippen molar-refractivity contribution in [2.75, 3.05) is 0 Å². The third kappa shape index (κ3) is 0.917. The zero-order valence-electron chi connectivity index (χ0n) is 5.96. The van der Waals surface area contributed by atoms with Gasteiger partial charge in [0, 0.05) is 22.7 Å². The van der Waals surface area contributed by atoms with Crippen LogP contribution in [0.25, 0.3) is 10.9 Å². The van der Waals surface area contributed by atoms with Gasteiger partial charge in [0.2, 0.25) is 0 Å². The molecule has 0 saturated carbocycles. The summed E-state index contributed by atoms with van der Waals surface area (Å²) in [6, 6.07) is 8.78. The molecule has 0 aliphatic heterocycles. The van der Waals surface area contributed by atoms with Gasteiger partial charge in [0.25, 0.3) is 0 Å². The molecule has 0 aliphatic rings. The van der Waals surface area contributed by atoms with Crippen molar-refractivity contribution in [3.63, 3.8) is 0 Å². The predicted octanol–water partition coefficient (Wildman–Crippen LogP) is 1.46. The molecule has 0 atom stereocenters. The first-order valence-corrected chi connectivity index (χ1v) is 3.49. The molecule has 2 aromatic rings. The summed E-state index contributed by atoms with van der Waals surface area (Å²) in [5.74, 6) is 0. The fraction of sp³-hybridized carbons (Fsp3) is 0.111. The lowest BCUT2D eigenvalue weighted by molar-refractivity contribution is 0.283. The number of hydrogen-bond donors (Lipinski definition) is 2. The third-order valence-corrected chi connectivity index (χ3v) is 1.75. The number of rotatable bonds is 1. The van der Waals surface area contributed by atoms with E-state index in [0.717, 1.165) is 16.5 Å².